The van der Waals surface area contributed by atoms with Crippen molar-refractivity contribution in [3.8, 4) is 0 Å². The van der Waals surface area contributed by atoms with Crippen LogP contribution in [0.25, 0.3) is 0 Å². The summed E-state index contributed by atoms with van der Waals surface area (Å²) < 4.78 is 11.6. The van der Waals surface area contributed by atoms with Crippen molar-refractivity contribution in [2.75, 3.05) is 26.3 Å². The van der Waals surface area contributed by atoms with E-state index in [0.717, 1.165) is 51.8 Å². The van der Waals surface area contributed by atoms with E-state index in [1.807, 2.05) is 0 Å². The van der Waals surface area contributed by atoms with E-state index in [4.69, 9.17) is 14.6 Å². The van der Waals surface area contributed by atoms with Gasteiger partial charge in [0.25, 0.3) is 0 Å². The minimum Gasteiger partial charge on any atom is -0.481 e. The van der Waals surface area contributed by atoms with E-state index < -0.39 is 5.97 Å². The van der Waals surface area contributed by atoms with E-state index in [2.05, 4.69) is 18.7 Å². The van der Waals surface area contributed by atoms with Gasteiger partial charge in [0.05, 0.1) is 24.7 Å². The highest BCUT2D eigenvalue weighted by Gasteiger charge is 2.35. The molecule has 2 fully saturated rings. The van der Waals surface area contributed by atoms with Gasteiger partial charge < -0.3 is 14.6 Å². The lowest BCUT2D eigenvalue weighted by Gasteiger charge is -2.44. The summed E-state index contributed by atoms with van der Waals surface area (Å²) >= 11 is 0. The summed E-state index contributed by atoms with van der Waals surface area (Å²) in [5, 5.41) is 8.63. The molecule has 0 aromatic heterocycles. The highest BCUT2D eigenvalue weighted by Crippen LogP contribution is 2.31. The van der Waals surface area contributed by atoms with Gasteiger partial charge in [-0.1, -0.05) is 6.92 Å². The number of hydrogen-bond acceptors (Lipinski definition) is 4. The van der Waals surface area contributed by atoms with Gasteiger partial charge >= 0.3 is 5.97 Å². The largest absolute Gasteiger partial charge is 0.481 e. The fourth-order valence-electron chi connectivity index (χ4n) is 3.38. The Kier molecular flexibility index (Phi) is 6.02. The zero-order valence-electron chi connectivity index (χ0n) is 13.3. The number of carboxylic acids is 1. The molecule has 0 spiro atoms. The predicted octanol–water partition coefficient (Wildman–Crippen LogP) is 2.29. The average Bonchev–Trinajstić information content (AvgIpc) is 2.48. The van der Waals surface area contributed by atoms with Crippen LogP contribution in [0.15, 0.2) is 0 Å². The van der Waals surface area contributed by atoms with Gasteiger partial charge in [0.2, 0.25) is 0 Å². The van der Waals surface area contributed by atoms with Crippen molar-refractivity contribution in [1.82, 2.24) is 4.90 Å². The molecule has 1 N–H and O–H groups in total. The van der Waals surface area contributed by atoms with Crippen molar-refractivity contribution >= 4 is 5.97 Å². The normalized spacial score (nSPS) is 32.2. The Labute approximate surface area is 127 Å². The molecule has 0 aromatic carbocycles. The monoisotopic (exact) mass is 299 g/mol. The summed E-state index contributed by atoms with van der Waals surface area (Å²) in [6.45, 7) is 7.74. The van der Waals surface area contributed by atoms with Crippen LogP contribution in [0.3, 0.4) is 0 Å². The fraction of sp³-hybridized carbons (Fsp3) is 0.938. The zero-order valence-corrected chi connectivity index (χ0v) is 13.3. The Morgan fingerprint density at radius 3 is 2.71 bits per heavy atom. The summed E-state index contributed by atoms with van der Waals surface area (Å²) in [4.78, 5) is 13.1. The first kappa shape index (κ1) is 16.7. The summed E-state index contributed by atoms with van der Waals surface area (Å²) in [6, 6.07) is 0.628. The maximum Gasteiger partial charge on any atom is 0.305 e. The molecule has 2 aliphatic rings. The summed E-state index contributed by atoms with van der Waals surface area (Å²) in [5.41, 5.74) is 0.0394. The van der Waals surface area contributed by atoms with Gasteiger partial charge in [-0.3, -0.25) is 9.69 Å². The lowest BCUT2D eigenvalue weighted by atomic mass is 9.88. The molecule has 2 aliphatic heterocycles. The second kappa shape index (κ2) is 7.56. The Hall–Kier alpha value is -0.650. The molecular formula is C16H29NO4. The molecule has 122 valence electrons. The Morgan fingerprint density at radius 2 is 2.10 bits per heavy atom. The third-order valence-electron chi connectivity index (χ3n) is 4.98. The third kappa shape index (κ3) is 4.94. The number of rotatable bonds is 6. The molecule has 2 saturated heterocycles. The molecule has 0 amide bonds. The molecular weight excluding hydrogens is 270 g/mol. The molecule has 0 bridgehead atoms. The molecule has 5 nitrogen and oxygen atoms in total. The zero-order chi connectivity index (χ0) is 15.3. The number of ether oxygens (including phenoxy) is 2. The van der Waals surface area contributed by atoms with E-state index in [-0.39, 0.29) is 18.1 Å². The van der Waals surface area contributed by atoms with Crippen molar-refractivity contribution in [2.24, 2.45) is 0 Å². The number of aliphatic carboxylic acids is 1. The number of carbonyl (C=O) groups is 1. The van der Waals surface area contributed by atoms with Crippen LogP contribution in [0.4, 0.5) is 0 Å². The van der Waals surface area contributed by atoms with E-state index in [0.29, 0.717) is 12.6 Å². The maximum absolute atomic E-state index is 10.5. The van der Waals surface area contributed by atoms with Gasteiger partial charge in [0.15, 0.2) is 0 Å². The second-order valence-electron chi connectivity index (χ2n) is 6.55. The van der Waals surface area contributed by atoms with Crippen LogP contribution in [0.1, 0.15) is 52.4 Å². The lowest BCUT2D eigenvalue weighted by molar-refractivity contribution is -0.139. The van der Waals surface area contributed by atoms with Crippen molar-refractivity contribution < 1.29 is 19.4 Å². The van der Waals surface area contributed by atoms with Crippen LogP contribution in [0.5, 0.6) is 0 Å². The summed E-state index contributed by atoms with van der Waals surface area (Å²) in [7, 11) is 0. The van der Waals surface area contributed by atoms with Crippen LogP contribution < -0.4 is 0 Å². The summed E-state index contributed by atoms with van der Waals surface area (Å²) in [6.07, 6.45) is 5.68. The first-order chi connectivity index (χ1) is 10.0. The van der Waals surface area contributed by atoms with E-state index in [1.54, 1.807) is 0 Å². The van der Waals surface area contributed by atoms with Crippen LogP contribution in [-0.2, 0) is 14.3 Å². The Morgan fingerprint density at radius 1 is 1.38 bits per heavy atom. The van der Waals surface area contributed by atoms with Gasteiger partial charge in [0, 0.05) is 25.7 Å². The van der Waals surface area contributed by atoms with Crippen molar-refractivity contribution in [3.63, 3.8) is 0 Å². The van der Waals surface area contributed by atoms with E-state index >= 15 is 0 Å². The molecule has 0 aliphatic carbocycles. The average molecular weight is 299 g/mol. The molecule has 2 heterocycles. The smallest absolute Gasteiger partial charge is 0.305 e. The van der Waals surface area contributed by atoms with E-state index in [9.17, 15) is 4.79 Å². The Balaban J connectivity index is 1.72. The molecule has 21 heavy (non-hydrogen) atoms. The second-order valence-corrected chi connectivity index (χ2v) is 6.55. The minimum absolute atomic E-state index is 0.0394. The van der Waals surface area contributed by atoms with E-state index in [1.165, 1.54) is 0 Å². The van der Waals surface area contributed by atoms with Crippen LogP contribution >= 0.6 is 0 Å². The SMILES string of the molecule is CCC1(C)CC(N2CCC(OCCC(=O)O)CC2)CCO1. The number of likely N-dealkylation sites (tertiary alicyclic amines) is 1. The van der Waals surface area contributed by atoms with Gasteiger partial charge in [-0.05, 0) is 39.0 Å². The van der Waals surface area contributed by atoms with Gasteiger partial charge in [-0.25, -0.2) is 0 Å². The number of carboxylic acid groups (broad SMARTS) is 1. The highest BCUT2D eigenvalue weighted by molar-refractivity contribution is 5.66. The first-order valence-electron chi connectivity index (χ1n) is 8.24. The molecule has 0 radical (unpaired) electrons. The predicted molar refractivity (Wildman–Crippen MR) is 80.5 cm³/mol. The maximum atomic E-state index is 10.5. The van der Waals surface area contributed by atoms with Crippen LogP contribution in [0, 0.1) is 0 Å². The summed E-state index contributed by atoms with van der Waals surface area (Å²) in [5.74, 6) is -0.784. The molecule has 2 rings (SSSR count). The van der Waals surface area contributed by atoms with Crippen molar-refractivity contribution in [3.05, 3.63) is 0 Å². The fourth-order valence-corrected chi connectivity index (χ4v) is 3.38. The number of nitrogens with zero attached hydrogens (tertiary/aromatic N) is 1. The third-order valence-corrected chi connectivity index (χ3v) is 4.98. The standard InChI is InChI=1S/C16H29NO4/c1-3-16(2)12-13(6-11-21-16)17-8-4-14(5-9-17)20-10-7-15(18)19/h13-14H,3-12H2,1-2H3,(H,18,19). The minimum atomic E-state index is -0.784. The molecule has 0 aromatic rings. The number of hydrogen-bond donors (Lipinski definition) is 1. The first-order valence-corrected chi connectivity index (χ1v) is 8.24. The van der Waals surface area contributed by atoms with Gasteiger partial charge in [-0.15, -0.1) is 0 Å². The van der Waals surface area contributed by atoms with Crippen molar-refractivity contribution in [1.29, 1.82) is 0 Å². The molecule has 5 heteroatoms. The highest BCUT2D eigenvalue weighted by atomic mass is 16.5. The Bertz CT molecular complexity index is 341. The topological polar surface area (TPSA) is 59.0 Å². The van der Waals surface area contributed by atoms with Gasteiger partial charge in [-0.2, -0.15) is 0 Å². The quantitative estimate of drug-likeness (QED) is 0.815. The van der Waals surface area contributed by atoms with Crippen molar-refractivity contribution in [2.45, 2.75) is 70.1 Å². The van der Waals surface area contributed by atoms with Gasteiger partial charge in [0.1, 0.15) is 0 Å². The molecule has 2 atom stereocenters. The molecule has 0 saturated carbocycles. The van der Waals surface area contributed by atoms with Crippen LogP contribution in [0.2, 0.25) is 0 Å². The molecule has 2 unspecified atom stereocenters. The number of piperidine rings is 1. The van der Waals surface area contributed by atoms with Crippen LogP contribution in [-0.4, -0.2) is 60.0 Å². The lowest BCUT2D eigenvalue weighted by Crippen LogP contribution is -2.50.